The van der Waals surface area contributed by atoms with Crippen molar-refractivity contribution >= 4 is 5.69 Å². The van der Waals surface area contributed by atoms with Gasteiger partial charge in [0, 0.05) is 29.9 Å². The van der Waals surface area contributed by atoms with Gasteiger partial charge in [0.05, 0.1) is 24.5 Å². The lowest BCUT2D eigenvalue weighted by molar-refractivity contribution is 0.282. The second-order valence-electron chi connectivity index (χ2n) is 8.13. The summed E-state index contributed by atoms with van der Waals surface area (Å²) in [5.41, 5.74) is 8.86. The molecule has 5 rings (SSSR count). The van der Waals surface area contributed by atoms with E-state index in [1.807, 2.05) is 44.3 Å². The second kappa shape index (κ2) is 8.00. The number of nitrogens with zero attached hydrogens (tertiary/aromatic N) is 3. The van der Waals surface area contributed by atoms with Crippen molar-refractivity contribution in [2.24, 2.45) is 0 Å². The number of aliphatic hydroxyl groups is 1. The van der Waals surface area contributed by atoms with E-state index < -0.39 is 0 Å². The van der Waals surface area contributed by atoms with Crippen molar-refractivity contribution in [2.45, 2.75) is 32.9 Å². The van der Waals surface area contributed by atoms with E-state index in [1.165, 1.54) is 16.8 Å². The Labute approximate surface area is 182 Å². The van der Waals surface area contributed by atoms with Crippen molar-refractivity contribution in [3.63, 3.8) is 0 Å². The van der Waals surface area contributed by atoms with Gasteiger partial charge in [0.15, 0.2) is 0 Å². The quantitative estimate of drug-likeness (QED) is 0.501. The first-order chi connectivity index (χ1) is 15.1. The molecule has 0 radical (unpaired) electrons. The SMILES string of the molecule is Cc1noc(C)c1-c1ccc2c(c1)N(Cc1ccccn1)CC2c1ccc(CO)cc1. The third-order valence-electron chi connectivity index (χ3n) is 6.12. The van der Waals surface area contributed by atoms with Crippen LogP contribution < -0.4 is 4.90 Å². The number of rotatable bonds is 5. The summed E-state index contributed by atoms with van der Waals surface area (Å²) < 4.78 is 5.41. The molecule has 0 bridgehead atoms. The first-order valence-corrected chi connectivity index (χ1v) is 10.6. The molecule has 5 nitrogen and oxygen atoms in total. The predicted molar refractivity (Wildman–Crippen MR) is 121 cm³/mol. The maximum Gasteiger partial charge on any atom is 0.141 e. The van der Waals surface area contributed by atoms with Crippen LogP contribution in [0, 0.1) is 13.8 Å². The van der Waals surface area contributed by atoms with Crippen molar-refractivity contribution in [2.75, 3.05) is 11.4 Å². The fourth-order valence-electron chi connectivity index (χ4n) is 4.56. The Bertz CT molecular complexity index is 1180. The van der Waals surface area contributed by atoms with Crippen LogP contribution in [0.25, 0.3) is 11.1 Å². The highest BCUT2D eigenvalue weighted by atomic mass is 16.5. The average molecular weight is 412 g/mol. The summed E-state index contributed by atoms with van der Waals surface area (Å²) in [5.74, 6) is 1.10. The van der Waals surface area contributed by atoms with E-state index in [9.17, 15) is 5.11 Å². The monoisotopic (exact) mass is 411 g/mol. The van der Waals surface area contributed by atoms with Gasteiger partial charge in [-0.15, -0.1) is 0 Å². The standard InChI is InChI=1S/C26H25N3O2/c1-17-26(18(2)31-28-17)21-10-11-23-24(20-8-6-19(16-30)7-9-20)15-29(25(23)13-21)14-22-5-3-4-12-27-22/h3-13,24,30H,14-16H2,1-2H3. The minimum absolute atomic E-state index is 0.0636. The number of hydrogen-bond acceptors (Lipinski definition) is 5. The van der Waals surface area contributed by atoms with Crippen LogP contribution >= 0.6 is 0 Å². The van der Waals surface area contributed by atoms with Crippen molar-refractivity contribution in [3.8, 4) is 11.1 Å². The lowest BCUT2D eigenvalue weighted by atomic mass is 9.91. The number of hydrogen-bond donors (Lipinski definition) is 1. The number of benzene rings is 2. The largest absolute Gasteiger partial charge is 0.392 e. The van der Waals surface area contributed by atoms with Gasteiger partial charge >= 0.3 is 0 Å². The van der Waals surface area contributed by atoms with E-state index in [1.54, 1.807) is 0 Å². The molecular formula is C26H25N3O2. The molecule has 5 heteroatoms. The molecule has 156 valence electrons. The Morgan fingerprint density at radius 3 is 2.58 bits per heavy atom. The van der Waals surface area contributed by atoms with Gasteiger partial charge < -0.3 is 14.5 Å². The van der Waals surface area contributed by atoms with E-state index in [4.69, 9.17) is 4.52 Å². The van der Waals surface area contributed by atoms with E-state index in [-0.39, 0.29) is 12.5 Å². The highest BCUT2D eigenvalue weighted by molar-refractivity contribution is 5.76. The van der Waals surface area contributed by atoms with E-state index in [0.29, 0.717) is 0 Å². The van der Waals surface area contributed by atoms with Crippen molar-refractivity contribution in [1.29, 1.82) is 0 Å². The van der Waals surface area contributed by atoms with Gasteiger partial charge in [0.2, 0.25) is 0 Å². The van der Waals surface area contributed by atoms with Gasteiger partial charge in [0.25, 0.3) is 0 Å². The lowest BCUT2D eigenvalue weighted by Crippen LogP contribution is -2.22. The van der Waals surface area contributed by atoms with Crippen LogP contribution in [0.3, 0.4) is 0 Å². The summed E-state index contributed by atoms with van der Waals surface area (Å²) in [6.45, 7) is 5.64. The first kappa shape index (κ1) is 19.5. The summed E-state index contributed by atoms with van der Waals surface area (Å²) in [6, 6.07) is 21.0. The van der Waals surface area contributed by atoms with E-state index in [2.05, 4.69) is 51.4 Å². The predicted octanol–water partition coefficient (Wildman–Crippen LogP) is 5.00. The molecule has 1 N–H and O–H groups in total. The van der Waals surface area contributed by atoms with Crippen molar-refractivity contribution in [1.82, 2.24) is 10.1 Å². The van der Waals surface area contributed by atoms with E-state index in [0.717, 1.165) is 46.9 Å². The fraction of sp³-hybridized carbons (Fsp3) is 0.231. The molecule has 1 aliphatic heterocycles. The van der Waals surface area contributed by atoms with Crippen LogP contribution in [0.2, 0.25) is 0 Å². The summed E-state index contributed by atoms with van der Waals surface area (Å²) in [6.07, 6.45) is 1.84. The number of fused-ring (bicyclic) bond motifs is 1. The molecule has 1 unspecified atom stereocenters. The Balaban J connectivity index is 1.57. The minimum atomic E-state index is 0.0636. The molecule has 1 atom stereocenters. The number of aryl methyl sites for hydroxylation is 2. The van der Waals surface area contributed by atoms with Gasteiger partial charge in [-0.3, -0.25) is 4.98 Å². The first-order valence-electron chi connectivity index (χ1n) is 10.6. The molecule has 0 saturated heterocycles. The minimum Gasteiger partial charge on any atom is -0.392 e. The Morgan fingerprint density at radius 2 is 1.90 bits per heavy atom. The van der Waals surface area contributed by atoms with Crippen LogP contribution in [-0.2, 0) is 13.2 Å². The summed E-state index contributed by atoms with van der Waals surface area (Å²) >= 11 is 0. The summed E-state index contributed by atoms with van der Waals surface area (Å²) in [5, 5.41) is 13.5. The van der Waals surface area contributed by atoms with Gasteiger partial charge in [-0.25, -0.2) is 0 Å². The van der Waals surface area contributed by atoms with Crippen molar-refractivity contribution < 1.29 is 9.63 Å². The van der Waals surface area contributed by atoms with Crippen LogP contribution in [0.15, 0.2) is 71.4 Å². The van der Waals surface area contributed by atoms with Crippen LogP contribution in [-0.4, -0.2) is 21.8 Å². The Kier molecular flexibility index (Phi) is 5.04. The zero-order valence-electron chi connectivity index (χ0n) is 17.7. The fourth-order valence-corrected chi connectivity index (χ4v) is 4.56. The molecule has 1 aliphatic rings. The highest BCUT2D eigenvalue weighted by Crippen LogP contribution is 2.43. The average Bonchev–Trinajstić information content (AvgIpc) is 3.33. The molecule has 0 spiro atoms. The zero-order valence-corrected chi connectivity index (χ0v) is 17.7. The number of aromatic nitrogens is 2. The topological polar surface area (TPSA) is 62.4 Å². The Hall–Kier alpha value is -3.44. The molecule has 0 saturated carbocycles. The van der Waals surface area contributed by atoms with Crippen LogP contribution in [0.1, 0.15) is 39.8 Å². The third-order valence-corrected chi connectivity index (χ3v) is 6.12. The molecule has 3 heterocycles. The van der Waals surface area contributed by atoms with Crippen molar-refractivity contribution in [3.05, 3.63) is 101 Å². The molecule has 2 aromatic heterocycles. The maximum atomic E-state index is 9.40. The molecule has 4 aromatic rings. The van der Waals surface area contributed by atoms with Gasteiger partial charge in [-0.1, -0.05) is 47.6 Å². The highest BCUT2D eigenvalue weighted by Gasteiger charge is 2.31. The molecule has 2 aromatic carbocycles. The number of aliphatic hydroxyl groups excluding tert-OH is 1. The van der Waals surface area contributed by atoms with Gasteiger partial charge in [-0.2, -0.15) is 0 Å². The number of anilines is 1. The summed E-state index contributed by atoms with van der Waals surface area (Å²) in [7, 11) is 0. The molecule has 0 fully saturated rings. The smallest absolute Gasteiger partial charge is 0.141 e. The normalized spacial score (nSPS) is 15.3. The summed E-state index contributed by atoms with van der Waals surface area (Å²) in [4.78, 5) is 6.95. The zero-order chi connectivity index (χ0) is 21.4. The molecule has 0 amide bonds. The second-order valence-corrected chi connectivity index (χ2v) is 8.13. The molecular weight excluding hydrogens is 386 g/mol. The molecule has 0 aliphatic carbocycles. The molecule has 31 heavy (non-hydrogen) atoms. The van der Waals surface area contributed by atoms with Gasteiger partial charge in [0.1, 0.15) is 5.76 Å². The Morgan fingerprint density at radius 1 is 1.06 bits per heavy atom. The third kappa shape index (κ3) is 3.62. The number of pyridine rings is 1. The maximum absolute atomic E-state index is 9.40. The van der Waals surface area contributed by atoms with Gasteiger partial charge in [-0.05, 0) is 54.3 Å². The van der Waals surface area contributed by atoms with Crippen LogP contribution in [0.4, 0.5) is 5.69 Å². The lowest BCUT2D eigenvalue weighted by Gasteiger charge is -2.20. The van der Waals surface area contributed by atoms with Crippen LogP contribution in [0.5, 0.6) is 0 Å². The van der Waals surface area contributed by atoms with E-state index >= 15 is 0 Å².